The van der Waals surface area contributed by atoms with Gasteiger partial charge in [0.05, 0.1) is 5.69 Å². The second-order valence-corrected chi connectivity index (χ2v) is 8.16. The van der Waals surface area contributed by atoms with Gasteiger partial charge in [-0.2, -0.15) is 12.7 Å². The number of nitrogens with one attached hydrogen (secondary N) is 1. The molecule has 20 heavy (non-hydrogen) atoms. The summed E-state index contributed by atoms with van der Waals surface area (Å²) in [5.41, 5.74) is 6.15. The molecular formula is C12H17Br2N3O2S. The molecule has 3 N–H and O–H groups in total. The predicted octanol–water partition coefficient (Wildman–Crippen LogP) is 2.54. The maximum Gasteiger partial charge on any atom is 0.301 e. The molecule has 8 heteroatoms. The highest BCUT2D eigenvalue weighted by Crippen LogP contribution is 2.32. The van der Waals surface area contributed by atoms with Crippen molar-refractivity contribution in [1.29, 1.82) is 0 Å². The molecule has 1 heterocycles. The van der Waals surface area contributed by atoms with Gasteiger partial charge < -0.3 is 5.73 Å². The Morgan fingerprint density at radius 3 is 2.30 bits per heavy atom. The number of hydrogen-bond donors (Lipinski definition) is 2. The Kier molecular flexibility index (Phi) is 5.47. The largest absolute Gasteiger partial charge is 0.330 e. The van der Waals surface area contributed by atoms with E-state index in [2.05, 4.69) is 36.6 Å². The van der Waals surface area contributed by atoms with E-state index >= 15 is 0 Å². The third-order valence-corrected chi connectivity index (χ3v) is 6.27. The molecule has 0 radical (unpaired) electrons. The number of nitrogens with two attached hydrogens (primary N) is 1. The zero-order valence-corrected chi connectivity index (χ0v) is 14.8. The normalized spacial score (nSPS) is 18.1. The van der Waals surface area contributed by atoms with E-state index < -0.39 is 10.2 Å². The monoisotopic (exact) mass is 425 g/mol. The summed E-state index contributed by atoms with van der Waals surface area (Å²) in [5.74, 6) is 0.427. The molecule has 2 rings (SSSR count). The van der Waals surface area contributed by atoms with Gasteiger partial charge in [0.1, 0.15) is 0 Å². The van der Waals surface area contributed by atoms with E-state index in [1.165, 1.54) is 4.31 Å². The Hall–Kier alpha value is -0.150. The first kappa shape index (κ1) is 16.2. The van der Waals surface area contributed by atoms with Crippen molar-refractivity contribution >= 4 is 47.8 Å². The summed E-state index contributed by atoms with van der Waals surface area (Å²) in [6, 6.07) is 5.42. The van der Waals surface area contributed by atoms with Crippen LogP contribution in [0.25, 0.3) is 0 Å². The van der Waals surface area contributed by atoms with Crippen LogP contribution >= 0.6 is 31.9 Å². The Bertz CT molecular complexity index is 552. The first-order valence-corrected chi connectivity index (χ1v) is 9.38. The van der Waals surface area contributed by atoms with E-state index in [4.69, 9.17) is 5.73 Å². The fourth-order valence-corrected chi connectivity index (χ4v) is 4.93. The van der Waals surface area contributed by atoms with Gasteiger partial charge >= 0.3 is 10.2 Å². The van der Waals surface area contributed by atoms with Gasteiger partial charge in [0, 0.05) is 22.0 Å². The summed E-state index contributed by atoms with van der Waals surface area (Å²) in [6.45, 7) is 1.65. The molecule has 1 aromatic carbocycles. The van der Waals surface area contributed by atoms with Crippen LogP contribution in [-0.2, 0) is 10.2 Å². The summed E-state index contributed by atoms with van der Waals surface area (Å²) in [7, 11) is -3.53. The van der Waals surface area contributed by atoms with E-state index in [-0.39, 0.29) is 0 Å². The molecule has 0 unspecified atom stereocenters. The van der Waals surface area contributed by atoms with Gasteiger partial charge in [-0.15, -0.1) is 0 Å². The topological polar surface area (TPSA) is 75.4 Å². The van der Waals surface area contributed by atoms with Crippen LogP contribution in [0.5, 0.6) is 0 Å². The molecule has 0 spiro atoms. The fourth-order valence-electron chi connectivity index (χ4n) is 2.17. The minimum absolute atomic E-state index is 0.427. The first-order chi connectivity index (χ1) is 9.44. The second kappa shape index (κ2) is 6.74. The van der Waals surface area contributed by atoms with Crippen LogP contribution in [0.3, 0.4) is 0 Å². The van der Waals surface area contributed by atoms with Crippen molar-refractivity contribution in [1.82, 2.24) is 4.31 Å². The highest BCUT2D eigenvalue weighted by molar-refractivity contribution is 9.11. The quantitative estimate of drug-likeness (QED) is 0.776. The average Bonchev–Trinajstić information content (AvgIpc) is 2.43. The van der Waals surface area contributed by atoms with Crippen LogP contribution in [-0.4, -0.2) is 32.4 Å². The third-order valence-electron chi connectivity index (χ3n) is 3.44. The van der Waals surface area contributed by atoms with Gasteiger partial charge in [0.2, 0.25) is 0 Å². The molecule has 1 fully saturated rings. The van der Waals surface area contributed by atoms with Crippen molar-refractivity contribution in [2.75, 3.05) is 24.4 Å². The van der Waals surface area contributed by atoms with E-state index in [9.17, 15) is 8.42 Å². The SMILES string of the molecule is NCC1CCN(S(=O)(=O)Nc2c(Br)cccc2Br)CC1. The van der Waals surface area contributed by atoms with E-state index in [0.717, 1.165) is 12.8 Å². The number of para-hydroxylation sites is 1. The molecular weight excluding hydrogens is 410 g/mol. The molecule has 5 nitrogen and oxygen atoms in total. The molecule has 0 amide bonds. The summed E-state index contributed by atoms with van der Waals surface area (Å²) in [4.78, 5) is 0. The average molecular weight is 427 g/mol. The minimum atomic E-state index is -3.53. The lowest BCUT2D eigenvalue weighted by Crippen LogP contribution is -2.42. The highest BCUT2D eigenvalue weighted by Gasteiger charge is 2.28. The number of nitrogens with zero attached hydrogens (tertiary/aromatic N) is 1. The molecule has 112 valence electrons. The highest BCUT2D eigenvalue weighted by atomic mass is 79.9. The lowest BCUT2D eigenvalue weighted by atomic mass is 9.99. The van der Waals surface area contributed by atoms with Crippen molar-refractivity contribution in [3.05, 3.63) is 27.1 Å². The van der Waals surface area contributed by atoms with Crippen molar-refractivity contribution in [3.8, 4) is 0 Å². The van der Waals surface area contributed by atoms with Gasteiger partial charge in [0.25, 0.3) is 0 Å². The zero-order valence-electron chi connectivity index (χ0n) is 10.9. The molecule has 0 aromatic heterocycles. The molecule has 1 saturated heterocycles. The minimum Gasteiger partial charge on any atom is -0.330 e. The standard InChI is InChI=1S/C12H17Br2N3O2S/c13-10-2-1-3-11(14)12(10)16-20(18,19)17-6-4-9(8-15)5-7-17/h1-3,9,16H,4-8,15H2. The number of halogens is 2. The van der Waals surface area contributed by atoms with Crippen LogP contribution in [0.4, 0.5) is 5.69 Å². The van der Waals surface area contributed by atoms with E-state index in [0.29, 0.717) is 40.2 Å². The smallest absolute Gasteiger partial charge is 0.301 e. The van der Waals surface area contributed by atoms with Gasteiger partial charge in [-0.05, 0) is 69.3 Å². The zero-order chi connectivity index (χ0) is 14.8. The number of benzene rings is 1. The maximum absolute atomic E-state index is 12.4. The second-order valence-electron chi connectivity index (χ2n) is 4.78. The Balaban J connectivity index is 2.12. The Morgan fingerprint density at radius 2 is 1.80 bits per heavy atom. The fraction of sp³-hybridized carbons (Fsp3) is 0.500. The Morgan fingerprint density at radius 1 is 1.25 bits per heavy atom. The van der Waals surface area contributed by atoms with Crippen LogP contribution in [0.1, 0.15) is 12.8 Å². The Labute approximate surface area is 136 Å². The molecule has 0 atom stereocenters. The molecule has 0 saturated carbocycles. The number of rotatable bonds is 4. The maximum atomic E-state index is 12.4. The van der Waals surface area contributed by atoms with Crippen LogP contribution < -0.4 is 10.5 Å². The summed E-state index contributed by atoms with van der Waals surface area (Å²) in [6.07, 6.45) is 1.63. The van der Waals surface area contributed by atoms with Crippen molar-refractivity contribution in [2.45, 2.75) is 12.8 Å². The van der Waals surface area contributed by atoms with Gasteiger partial charge in [-0.1, -0.05) is 6.07 Å². The van der Waals surface area contributed by atoms with Gasteiger partial charge in [0.15, 0.2) is 0 Å². The van der Waals surface area contributed by atoms with Crippen LogP contribution in [0.2, 0.25) is 0 Å². The number of piperidine rings is 1. The van der Waals surface area contributed by atoms with Gasteiger partial charge in [-0.25, -0.2) is 0 Å². The van der Waals surface area contributed by atoms with Gasteiger partial charge in [-0.3, -0.25) is 4.72 Å². The lowest BCUT2D eigenvalue weighted by molar-refractivity contribution is 0.280. The first-order valence-electron chi connectivity index (χ1n) is 6.36. The van der Waals surface area contributed by atoms with Crippen molar-refractivity contribution in [3.63, 3.8) is 0 Å². The number of hydrogen-bond acceptors (Lipinski definition) is 3. The molecule has 0 bridgehead atoms. The predicted molar refractivity (Wildman–Crippen MR) is 87.7 cm³/mol. The van der Waals surface area contributed by atoms with Crippen molar-refractivity contribution < 1.29 is 8.42 Å². The van der Waals surface area contributed by atoms with E-state index in [1.54, 1.807) is 12.1 Å². The van der Waals surface area contributed by atoms with Crippen LogP contribution in [0, 0.1) is 5.92 Å². The summed E-state index contributed by atoms with van der Waals surface area (Å²) >= 11 is 6.71. The number of anilines is 1. The molecule has 1 aromatic rings. The van der Waals surface area contributed by atoms with Crippen LogP contribution in [0.15, 0.2) is 27.1 Å². The molecule has 0 aliphatic carbocycles. The van der Waals surface area contributed by atoms with Crippen molar-refractivity contribution in [2.24, 2.45) is 11.7 Å². The summed E-state index contributed by atoms with van der Waals surface area (Å²) in [5, 5.41) is 0. The van der Waals surface area contributed by atoms with E-state index in [1.807, 2.05) is 6.07 Å². The lowest BCUT2D eigenvalue weighted by Gasteiger charge is -2.30. The summed E-state index contributed by atoms with van der Waals surface area (Å²) < 4.78 is 30.3. The molecule has 1 aliphatic heterocycles. The molecule has 1 aliphatic rings. The third kappa shape index (κ3) is 3.73.